The number of esters is 1. The number of nitro benzene ring substituents is 1. The first-order valence-electron chi connectivity index (χ1n) is 6.98. The van der Waals surface area contributed by atoms with Gasteiger partial charge in [-0.3, -0.25) is 10.1 Å². The molecule has 3 rings (SSSR count). The van der Waals surface area contributed by atoms with Crippen molar-refractivity contribution in [2.75, 3.05) is 0 Å². The Morgan fingerprint density at radius 1 is 1.39 bits per heavy atom. The fourth-order valence-corrected chi connectivity index (χ4v) is 2.69. The van der Waals surface area contributed by atoms with E-state index in [2.05, 4.69) is 26.2 Å². The lowest BCUT2D eigenvalue weighted by molar-refractivity contribution is -0.384. The van der Waals surface area contributed by atoms with Crippen LogP contribution in [-0.2, 0) is 4.74 Å². The number of rotatable bonds is 4. The van der Waals surface area contributed by atoms with Crippen LogP contribution >= 0.6 is 15.9 Å². The minimum Gasteiger partial charge on any atom is -0.459 e. The van der Waals surface area contributed by atoms with E-state index >= 15 is 0 Å². The molecule has 8 nitrogen and oxygen atoms in total. The van der Waals surface area contributed by atoms with Gasteiger partial charge in [0.2, 0.25) is 0 Å². The van der Waals surface area contributed by atoms with E-state index in [1.165, 1.54) is 24.3 Å². The van der Waals surface area contributed by atoms with E-state index < -0.39 is 10.9 Å². The number of ether oxygens (including phenoxy) is 1. The number of halogens is 1. The number of nitro groups is 1. The third kappa shape index (κ3) is 3.09. The van der Waals surface area contributed by atoms with Crippen molar-refractivity contribution in [2.45, 2.75) is 31.9 Å². The molecule has 120 valence electrons. The summed E-state index contributed by atoms with van der Waals surface area (Å²) in [6.45, 7) is 1.92. The highest BCUT2D eigenvalue weighted by molar-refractivity contribution is 9.10. The maximum atomic E-state index is 12.0. The van der Waals surface area contributed by atoms with Crippen LogP contribution < -0.4 is 0 Å². The Kier molecular flexibility index (Phi) is 4.12. The average molecular weight is 381 g/mol. The summed E-state index contributed by atoms with van der Waals surface area (Å²) in [5, 5.41) is 18.6. The van der Waals surface area contributed by atoms with Crippen molar-refractivity contribution in [3.05, 3.63) is 50.2 Å². The van der Waals surface area contributed by atoms with E-state index in [-0.39, 0.29) is 17.8 Å². The molecule has 0 spiro atoms. The quantitative estimate of drug-likeness (QED) is 0.459. The molecule has 1 aromatic heterocycles. The number of hydrogen-bond acceptors (Lipinski definition) is 6. The third-order valence-electron chi connectivity index (χ3n) is 3.87. The lowest BCUT2D eigenvalue weighted by atomic mass is 9.89. The van der Waals surface area contributed by atoms with Crippen LogP contribution in [0.2, 0.25) is 0 Å². The fraction of sp³-hybridized carbons (Fsp3) is 0.357. The number of hydrogen-bond donors (Lipinski definition) is 0. The molecule has 1 aliphatic rings. The molecule has 1 saturated carbocycles. The predicted molar refractivity (Wildman–Crippen MR) is 83.0 cm³/mol. The zero-order chi connectivity index (χ0) is 16.6. The largest absolute Gasteiger partial charge is 0.459 e. The summed E-state index contributed by atoms with van der Waals surface area (Å²) in [5.74, 6) is -0.472. The molecule has 2 aromatic rings. The van der Waals surface area contributed by atoms with Crippen molar-refractivity contribution in [3.63, 3.8) is 0 Å². The topological polar surface area (TPSA) is 100 Å². The summed E-state index contributed by atoms with van der Waals surface area (Å²) in [6.07, 6.45) is 1.18. The van der Waals surface area contributed by atoms with E-state index in [1.807, 2.05) is 11.6 Å². The van der Waals surface area contributed by atoms with Crippen LogP contribution in [0.3, 0.4) is 0 Å². The van der Waals surface area contributed by atoms with E-state index in [1.54, 1.807) is 0 Å². The van der Waals surface area contributed by atoms with Gasteiger partial charge in [-0.2, -0.15) is 0 Å². The minimum absolute atomic E-state index is 0.0579. The highest BCUT2D eigenvalue weighted by Gasteiger charge is 2.35. The Bertz CT molecular complexity index is 753. The predicted octanol–water partition coefficient (Wildman–Crippen LogP) is 2.82. The smallest absolute Gasteiger partial charge is 0.338 e. The molecular weight excluding hydrogens is 368 g/mol. The maximum Gasteiger partial charge on any atom is 0.338 e. The Morgan fingerprint density at radius 3 is 2.57 bits per heavy atom. The summed E-state index contributed by atoms with van der Waals surface area (Å²) in [6, 6.07) is 5.54. The number of carbonyl (C=O) groups is 1. The van der Waals surface area contributed by atoms with Crippen LogP contribution in [0.4, 0.5) is 5.69 Å². The number of non-ortho nitro benzene ring substituents is 1. The SMILES string of the molecule is Cc1c(Br)nnn1C1CC(OC(=O)c2ccc([N+](=O)[O-])cc2)C1. The first kappa shape index (κ1) is 15.6. The van der Waals surface area contributed by atoms with E-state index in [9.17, 15) is 14.9 Å². The van der Waals surface area contributed by atoms with Gasteiger partial charge in [0, 0.05) is 25.0 Å². The number of nitrogens with zero attached hydrogens (tertiary/aromatic N) is 4. The normalized spacial score (nSPS) is 19.9. The second-order valence-electron chi connectivity index (χ2n) is 5.37. The molecule has 0 aliphatic heterocycles. The summed E-state index contributed by atoms with van der Waals surface area (Å²) in [7, 11) is 0. The van der Waals surface area contributed by atoms with Crippen molar-refractivity contribution in [1.29, 1.82) is 0 Å². The molecule has 0 radical (unpaired) electrons. The van der Waals surface area contributed by atoms with Gasteiger partial charge < -0.3 is 4.74 Å². The lowest BCUT2D eigenvalue weighted by Gasteiger charge is -2.34. The molecule has 1 fully saturated rings. The highest BCUT2D eigenvalue weighted by atomic mass is 79.9. The van der Waals surface area contributed by atoms with Gasteiger partial charge in [0.15, 0.2) is 4.60 Å². The van der Waals surface area contributed by atoms with Crippen molar-refractivity contribution in [2.24, 2.45) is 0 Å². The van der Waals surface area contributed by atoms with Crippen LogP contribution in [-0.4, -0.2) is 32.0 Å². The summed E-state index contributed by atoms with van der Waals surface area (Å²) < 4.78 is 7.92. The minimum atomic E-state index is -0.510. The third-order valence-corrected chi connectivity index (χ3v) is 4.61. The van der Waals surface area contributed by atoms with E-state index in [0.717, 1.165) is 5.69 Å². The van der Waals surface area contributed by atoms with Gasteiger partial charge in [-0.15, -0.1) is 5.10 Å². The Morgan fingerprint density at radius 2 is 2.04 bits per heavy atom. The number of benzene rings is 1. The molecule has 1 aromatic carbocycles. The molecule has 0 N–H and O–H groups in total. The van der Waals surface area contributed by atoms with Crippen LogP contribution in [0.25, 0.3) is 0 Å². The zero-order valence-corrected chi connectivity index (χ0v) is 13.8. The summed E-state index contributed by atoms with van der Waals surface area (Å²) in [4.78, 5) is 22.1. The molecule has 23 heavy (non-hydrogen) atoms. The summed E-state index contributed by atoms with van der Waals surface area (Å²) >= 11 is 3.31. The van der Waals surface area contributed by atoms with Crippen molar-refractivity contribution >= 4 is 27.6 Å². The Labute approximate surface area is 139 Å². The molecule has 0 atom stereocenters. The van der Waals surface area contributed by atoms with Gasteiger partial charge in [-0.1, -0.05) is 5.21 Å². The molecule has 9 heteroatoms. The van der Waals surface area contributed by atoms with Crippen LogP contribution in [0.5, 0.6) is 0 Å². The maximum absolute atomic E-state index is 12.0. The first-order valence-corrected chi connectivity index (χ1v) is 7.77. The Balaban J connectivity index is 1.56. The van der Waals surface area contributed by atoms with Crippen molar-refractivity contribution in [1.82, 2.24) is 15.0 Å². The first-order chi connectivity index (χ1) is 11.0. The molecule has 1 aliphatic carbocycles. The average Bonchev–Trinajstić information content (AvgIpc) is 2.82. The molecule has 0 amide bonds. The monoisotopic (exact) mass is 380 g/mol. The lowest BCUT2D eigenvalue weighted by Crippen LogP contribution is -2.36. The van der Waals surface area contributed by atoms with Gasteiger partial charge in [0.05, 0.1) is 22.2 Å². The molecule has 1 heterocycles. The van der Waals surface area contributed by atoms with Gasteiger partial charge in [0.1, 0.15) is 6.10 Å². The molecule has 0 unspecified atom stereocenters. The molecule has 0 saturated heterocycles. The van der Waals surface area contributed by atoms with Gasteiger partial charge in [0.25, 0.3) is 5.69 Å². The molecular formula is C14H13BrN4O4. The second kappa shape index (κ2) is 6.07. The van der Waals surface area contributed by atoms with Crippen LogP contribution in [0.15, 0.2) is 28.9 Å². The van der Waals surface area contributed by atoms with Gasteiger partial charge in [-0.25, -0.2) is 9.48 Å². The van der Waals surface area contributed by atoms with Gasteiger partial charge in [-0.05, 0) is 35.0 Å². The van der Waals surface area contributed by atoms with Crippen LogP contribution in [0.1, 0.15) is 34.9 Å². The fourth-order valence-electron chi connectivity index (χ4n) is 2.44. The van der Waals surface area contributed by atoms with Crippen LogP contribution in [0, 0.1) is 17.0 Å². The number of aromatic nitrogens is 3. The Hall–Kier alpha value is -2.29. The number of carbonyl (C=O) groups excluding carboxylic acids is 1. The van der Waals surface area contributed by atoms with Crippen molar-refractivity contribution in [3.8, 4) is 0 Å². The standard InChI is InChI=1S/C14H13BrN4O4/c1-8-13(15)16-17-18(8)11-6-12(7-11)23-14(20)9-2-4-10(5-3-9)19(21)22/h2-5,11-12H,6-7H2,1H3. The van der Waals surface area contributed by atoms with Crippen molar-refractivity contribution < 1.29 is 14.5 Å². The zero-order valence-electron chi connectivity index (χ0n) is 12.2. The van der Waals surface area contributed by atoms with E-state index in [4.69, 9.17) is 4.74 Å². The van der Waals surface area contributed by atoms with E-state index in [0.29, 0.717) is 23.0 Å². The summed E-state index contributed by atoms with van der Waals surface area (Å²) in [5.41, 5.74) is 1.19. The second-order valence-corrected chi connectivity index (χ2v) is 6.12. The highest BCUT2D eigenvalue weighted by Crippen LogP contribution is 2.36. The molecule has 0 bridgehead atoms. The van der Waals surface area contributed by atoms with Gasteiger partial charge >= 0.3 is 5.97 Å².